The van der Waals surface area contributed by atoms with E-state index in [0.29, 0.717) is 12.1 Å². The van der Waals surface area contributed by atoms with Gasteiger partial charge in [-0.1, -0.05) is 41.6 Å². The van der Waals surface area contributed by atoms with Gasteiger partial charge in [0.05, 0.1) is 29.4 Å². The minimum absolute atomic E-state index is 0.0472. The first kappa shape index (κ1) is 19.4. The van der Waals surface area contributed by atoms with Crippen molar-refractivity contribution < 1.29 is 9.59 Å². The Morgan fingerprint density at radius 2 is 1.53 bits per heavy atom. The lowest BCUT2D eigenvalue weighted by molar-refractivity contribution is -0.122. The molecule has 0 bridgehead atoms. The lowest BCUT2D eigenvalue weighted by Crippen LogP contribution is -2.43. The first-order valence-corrected chi connectivity index (χ1v) is 10.0. The van der Waals surface area contributed by atoms with E-state index in [0.717, 1.165) is 27.6 Å². The fourth-order valence-corrected chi connectivity index (χ4v) is 3.50. The van der Waals surface area contributed by atoms with Crippen molar-refractivity contribution in [2.75, 3.05) is 0 Å². The van der Waals surface area contributed by atoms with Crippen LogP contribution >= 0.6 is 0 Å². The van der Waals surface area contributed by atoms with E-state index in [9.17, 15) is 9.59 Å². The maximum atomic E-state index is 12.4. The average molecular weight is 425 g/mol. The van der Waals surface area contributed by atoms with Gasteiger partial charge >= 0.3 is 0 Å². The molecular weight excluding hydrogens is 406 g/mol. The Balaban J connectivity index is 1.18. The van der Waals surface area contributed by atoms with Crippen molar-refractivity contribution in [3.05, 3.63) is 90.3 Å². The van der Waals surface area contributed by atoms with Crippen LogP contribution in [-0.4, -0.2) is 36.4 Å². The Morgan fingerprint density at radius 3 is 2.34 bits per heavy atom. The summed E-state index contributed by atoms with van der Waals surface area (Å²) in [6, 6.07) is 22.4. The predicted molar refractivity (Wildman–Crippen MR) is 118 cm³/mol. The van der Waals surface area contributed by atoms with Crippen molar-refractivity contribution in [2.45, 2.75) is 13.1 Å². The molecule has 0 aliphatic heterocycles. The normalized spacial score (nSPS) is 11.0. The highest BCUT2D eigenvalue weighted by Crippen LogP contribution is 2.13. The van der Waals surface area contributed by atoms with Gasteiger partial charge in [-0.05, 0) is 42.0 Å². The van der Waals surface area contributed by atoms with Crippen molar-refractivity contribution in [1.82, 2.24) is 35.4 Å². The van der Waals surface area contributed by atoms with Gasteiger partial charge in [0.2, 0.25) is 0 Å². The Labute approximate surface area is 182 Å². The summed E-state index contributed by atoms with van der Waals surface area (Å²) in [6.07, 6.45) is 1.60. The standard InChI is InChI=1S/C23H19N7O2/c31-22(14-29-15-24-18-5-1-3-7-20(18)29)26-27-23(32)17-11-9-16(10-12-17)13-30-21-8-4-2-6-19(21)25-28-30/h1-12,15H,13-14H2,(H,26,31)(H,27,32). The van der Waals surface area contributed by atoms with Crippen LogP contribution in [0.3, 0.4) is 0 Å². The quantitative estimate of drug-likeness (QED) is 0.420. The molecule has 0 aliphatic rings. The highest BCUT2D eigenvalue weighted by atomic mass is 16.2. The van der Waals surface area contributed by atoms with Crippen LogP contribution in [-0.2, 0) is 17.9 Å². The fraction of sp³-hybridized carbons (Fsp3) is 0.0870. The largest absolute Gasteiger partial charge is 0.321 e. The van der Waals surface area contributed by atoms with Crippen LogP contribution in [0.1, 0.15) is 15.9 Å². The molecule has 2 aromatic heterocycles. The van der Waals surface area contributed by atoms with Gasteiger partial charge < -0.3 is 4.57 Å². The molecule has 0 saturated heterocycles. The van der Waals surface area contributed by atoms with Gasteiger partial charge in [-0.3, -0.25) is 20.4 Å². The summed E-state index contributed by atoms with van der Waals surface area (Å²) < 4.78 is 3.53. The monoisotopic (exact) mass is 425 g/mol. The lowest BCUT2D eigenvalue weighted by Gasteiger charge is -2.09. The van der Waals surface area contributed by atoms with Gasteiger partial charge in [0.1, 0.15) is 12.1 Å². The lowest BCUT2D eigenvalue weighted by atomic mass is 10.1. The molecule has 5 aromatic rings. The van der Waals surface area contributed by atoms with Gasteiger partial charge in [-0.25, -0.2) is 9.67 Å². The smallest absolute Gasteiger partial charge is 0.269 e. The third-order valence-electron chi connectivity index (χ3n) is 5.13. The number of rotatable bonds is 5. The third kappa shape index (κ3) is 3.91. The van der Waals surface area contributed by atoms with Gasteiger partial charge in [0, 0.05) is 5.56 Å². The highest BCUT2D eigenvalue weighted by Gasteiger charge is 2.10. The molecule has 0 radical (unpaired) electrons. The van der Waals surface area contributed by atoms with Gasteiger partial charge in [-0.15, -0.1) is 5.10 Å². The molecule has 0 atom stereocenters. The number of aromatic nitrogens is 5. The molecule has 2 amide bonds. The van der Waals surface area contributed by atoms with Crippen LogP contribution in [0.4, 0.5) is 0 Å². The second-order valence-corrected chi connectivity index (χ2v) is 7.30. The number of amides is 2. The Kier molecular flexibility index (Phi) is 5.04. The SMILES string of the molecule is O=C(Cn1cnc2ccccc21)NNC(=O)c1ccc(Cn2nnc3ccccc32)cc1. The van der Waals surface area contributed by atoms with E-state index >= 15 is 0 Å². The maximum absolute atomic E-state index is 12.4. The van der Waals surface area contributed by atoms with Crippen LogP contribution in [0.25, 0.3) is 22.1 Å². The molecule has 5 rings (SSSR count). The molecule has 0 fully saturated rings. The fourth-order valence-electron chi connectivity index (χ4n) is 3.50. The molecule has 0 unspecified atom stereocenters. The van der Waals surface area contributed by atoms with Crippen LogP contribution < -0.4 is 10.9 Å². The molecule has 158 valence electrons. The summed E-state index contributed by atoms with van der Waals surface area (Å²) in [5, 5.41) is 8.33. The topological polar surface area (TPSA) is 107 Å². The number of imidazole rings is 1. The van der Waals surface area contributed by atoms with Gasteiger partial charge in [-0.2, -0.15) is 0 Å². The summed E-state index contributed by atoms with van der Waals surface area (Å²) in [5.41, 5.74) is 9.75. The summed E-state index contributed by atoms with van der Waals surface area (Å²) in [5.74, 6) is -0.747. The molecule has 3 aromatic carbocycles. The van der Waals surface area contributed by atoms with E-state index in [1.807, 2.05) is 65.3 Å². The number of carbonyl (C=O) groups excluding carboxylic acids is 2. The number of benzene rings is 3. The molecule has 2 N–H and O–H groups in total. The first-order chi connectivity index (χ1) is 15.7. The van der Waals surface area contributed by atoms with E-state index in [2.05, 4.69) is 26.1 Å². The van der Waals surface area contributed by atoms with Crippen LogP contribution in [0.2, 0.25) is 0 Å². The summed E-state index contributed by atoms with van der Waals surface area (Å²) >= 11 is 0. The Hall–Kier alpha value is -4.53. The summed E-state index contributed by atoms with van der Waals surface area (Å²) in [4.78, 5) is 28.9. The van der Waals surface area contributed by atoms with Crippen LogP contribution in [0.15, 0.2) is 79.1 Å². The molecule has 0 spiro atoms. The van der Waals surface area contributed by atoms with Crippen LogP contribution in [0, 0.1) is 0 Å². The minimum Gasteiger partial charge on any atom is -0.321 e. The highest BCUT2D eigenvalue weighted by molar-refractivity contribution is 5.95. The molecule has 0 saturated carbocycles. The van der Waals surface area contributed by atoms with Crippen molar-refractivity contribution in [3.8, 4) is 0 Å². The summed E-state index contributed by atoms with van der Waals surface area (Å²) in [6.45, 7) is 0.587. The van der Waals surface area contributed by atoms with Gasteiger partial charge in [0.25, 0.3) is 11.8 Å². The van der Waals surface area contributed by atoms with Crippen molar-refractivity contribution in [2.24, 2.45) is 0 Å². The number of hydrogen-bond donors (Lipinski definition) is 2. The second-order valence-electron chi connectivity index (χ2n) is 7.30. The second kappa shape index (κ2) is 8.31. The zero-order valence-corrected chi connectivity index (χ0v) is 17.0. The Morgan fingerprint density at radius 1 is 0.812 bits per heavy atom. The molecule has 0 aliphatic carbocycles. The number of fused-ring (bicyclic) bond motifs is 2. The molecule has 9 heteroatoms. The molecular formula is C23H19N7O2. The van der Waals surface area contributed by atoms with Gasteiger partial charge in [0.15, 0.2) is 0 Å². The van der Waals surface area contributed by atoms with E-state index in [-0.39, 0.29) is 12.5 Å². The van der Waals surface area contributed by atoms with E-state index in [1.165, 1.54) is 0 Å². The van der Waals surface area contributed by atoms with E-state index in [4.69, 9.17) is 0 Å². The first-order valence-electron chi connectivity index (χ1n) is 10.0. The summed E-state index contributed by atoms with van der Waals surface area (Å²) in [7, 11) is 0. The van der Waals surface area contributed by atoms with E-state index < -0.39 is 5.91 Å². The zero-order chi connectivity index (χ0) is 21.9. The average Bonchev–Trinajstić information content (AvgIpc) is 3.42. The molecule has 32 heavy (non-hydrogen) atoms. The third-order valence-corrected chi connectivity index (χ3v) is 5.13. The molecule has 9 nitrogen and oxygen atoms in total. The zero-order valence-electron chi connectivity index (χ0n) is 17.0. The Bertz CT molecular complexity index is 1420. The van der Waals surface area contributed by atoms with Crippen molar-refractivity contribution >= 4 is 33.9 Å². The number of hydrogen-bond acceptors (Lipinski definition) is 5. The number of nitrogens with zero attached hydrogens (tertiary/aromatic N) is 5. The van der Waals surface area contributed by atoms with E-state index in [1.54, 1.807) is 23.0 Å². The predicted octanol–water partition coefficient (Wildman–Crippen LogP) is 2.29. The van der Waals surface area contributed by atoms with Crippen molar-refractivity contribution in [1.29, 1.82) is 0 Å². The minimum atomic E-state index is -0.397. The van der Waals surface area contributed by atoms with Crippen molar-refractivity contribution in [3.63, 3.8) is 0 Å². The number of carbonyl (C=O) groups is 2. The molecule has 2 heterocycles. The number of para-hydroxylation sites is 3. The van der Waals surface area contributed by atoms with Crippen LogP contribution in [0.5, 0.6) is 0 Å². The number of hydrazine groups is 1. The maximum Gasteiger partial charge on any atom is 0.269 e. The number of nitrogens with one attached hydrogen (secondary N) is 2.